The Hall–Kier alpha value is -6.55. The van der Waals surface area contributed by atoms with Crippen molar-refractivity contribution >= 4 is 32.8 Å². The maximum absolute atomic E-state index is 6.91. The Morgan fingerprint density at radius 3 is 1.75 bits per heavy atom. The van der Waals surface area contributed by atoms with Gasteiger partial charge in [-0.1, -0.05) is 32.9 Å². The Kier molecular flexibility index (Phi) is 8.77. The fourth-order valence-corrected chi connectivity index (χ4v) is 14.6. The normalized spacial score (nSPS) is 19.1. The number of benzene rings is 7. The maximum atomic E-state index is 6.91. The second-order valence-corrected chi connectivity index (χ2v) is 22.0. The third-order valence-electron chi connectivity index (χ3n) is 16.5. The van der Waals surface area contributed by atoms with Crippen LogP contribution in [0.3, 0.4) is 0 Å². The van der Waals surface area contributed by atoms with E-state index >= 15 is 0 Å². The molecule has 7 aromatic carbocycles. The van der Waals surface area contributed by atoms with Gasteiger partial charge in [0, 0.05) is 6.20 Å². The summed E-state index contributed by atoms with van der Waals surface area (Å²) >= 11 is 2.65. The molecule has 68 heavy (non-hydrogen) atoms. The van der Waals surface area contributed by atoms with Gasteiger partial charge in [-0.05, 0) is 17.0 Å². The first kappa shape index (κ1) is 40.5. The Morgan fingerprint density at radius 2 is 1.07 bits per heavy atom. The van der Waals surface area contributed by atoms with Gasteiger partial charge in [-0.15, -0.1) is 0 Å². The summed E-state index contributed by atoms with van der Waals surface area (Å²) in [5.74, 6) is 2.49. The summed E-state index contributed by atoms with van der Waals surface area (Å²) in [5, 5.41) is 2.37. The van der Waals surface area contributed by atoms with Crippen LogP contribution in [0.1, 0.15) is 96.5 Å². The molecule has 0 aliphatic heterocycles. The van der Waals surface area contributed by atoms with E-state index in [-0.39, 0.29) is 16.2 Å². The molecule has 2 spiro atoms. The molecule has 0 saturated heterocycles. The van der Waals surface area contributed by atoms with Crippen molar-refractivity contribution < 1.29 is 24.1 Å². The number of aryl methyl sites for hydroxylation is 4. The van der Waals surface area contributed by atoms with Gasteiger partial charge in [0.1, 0.15) is 0 Å². The molecule has 6 heteroatoms. The molecule has 0 radical (unpaired) electrons. The number of ether oxygens (including phenoxy) is 1. The van der Waals surface area contributed by atoms with Gasteiger partial charge in [0.2, 0.25) is 0 Å². The van der Waals surface area contributed by atoms with Crippen LogP contribution < -0.4 is 4.74 Å². The Bertz CT molecular complexity index is 3730. The van der Waals surface area contributed by atoms with E-state index in [4.69, 9.17) is 9.72 Å². The molecule has 0 N–H and O–H groups in total. The molecule has 2 atom stereocenters. The van der Waals surface area contributed by atoms with E-state index < -0.39 is 0 Å². The van der Waals surface area contributed by atoms with Crippen molar-refractivity contribution in [1.82, 2.24) is 18.7 Å². The van der Waals surface area contributed by atoms with Crippen LogP contribution in [0.2, 0.25) is 0 Å². The van der Waals surface area contributed by atoms with Crippen molar-refractivity contribution in [3.63, 3.8) is 0 Å². The third kappa shape index (κ3) is 5.72. The zero-order valence-corrected chi connectivity index (χ0v) is 41.0. The molecule has 2 unspecified atom stereocenters. The number of fused-ring (bicyclic) bond motifs is 12. The molecule has 14 rings (SSSR count). The SMILES string of the molecule is CC(C)(C)c1ccnc(-n2c3ccccc3c3ccc(Oc4cccc(-n5[c](=[Pt])n(-c6c7c(cc8c6C6(CCc9ccccc96)CC8)CCC76CCc7ccccc76)c6ccccc65)c4)cc32)c1. The zero-order valence-electron chi connectivity index (χ0n) is 38.8. The van der Waals surface area contributed by atoms with Crippen molar-refractivity contribution in [3.05, 3.63) is 218 Å². The summed E-state index contributed by atoms with van der Waals surface area (Å²) < 4.78 is 15.5. The summed E-state index contributed by atoms with van der Waals surface area (Å²) in [4.78, 5) is 4.93. The molecule has 4 aliphatic rings. The van der Waals surface area contributed by atoms with Crippen molar-refractivity contribution in [2.45, 2.75) is 88.4 Å². The van der Waals surface area contributed by atoms with Gasteiger partial charge in [0.25, 0.3) is 0 Å². The van der Waals surface area contributed by atoms with Gasteiger partial charge in [-0.3, -0.25) is 0 Å². The number of nitrogens with zero attached hydrogens (tertiary/aromatic N) is 4. The first-order valence-electron chi connectivity index (χ1n) is 24.5. The molecular weight excluding hydrogens is 1010 g/mol. The van der Waals surface area contributed by atoms with Gasteiger partial charge in [-0.25, -0.2) is 0 Å². The van der Waals surface area contributed by atoms with Crippen LogP contribution in [0, 0.1) is 3.80 Å². The van der Waals surface area contributed by atoms with Crippen LogP contribution in [-0.4, -0.2) is 18.7 Å². The zero-order chi connectivity index (χ0) is 45.5. The van der Waals surface area contributed by atoms with Crippen molar-refractivity contribution in [3.8, 4) is 28.7 Å². The fraction of sp³-hybridized carbons (Fsp3) is 0.226. The number of aromatic nitrogens is 4. The number of pyridine rings is 1. The molecule has 10 aromatic rings. The predicted molar refractivity (Wildman–Crippen MR) is 271 cm³/mol. The van der Waals surface area contributed by atoms with Crippen LogP contribution in [0.25, 0.3) is 50.0 Å². The Morgan fingerprint density at radius 1 is 0.500 bits per heavy atom. The standard InChI is InChI=1S/C62H52N4O.Pt/c1-60(2,3)44-29-34-63-56(36-44)66-52-20-9-6-17-48(52)49-24-23-47(38-55(49)66)67-46-16-12-15-45(37-46)64-39-65(54-22-11-10-21-53(54)64)59-57-42(27-32-61(57)30-25-40-13-4-7-18-50(40)61)35-43-28-33-62(58(43)59)31-26-41-14-5-8-19-51(41)62;/h4-24,29,34-38H,25-28,30-33H2,1-3H3;. The monoisotopic (exact) mass is 1060 g/mol. The van der Waals surface area contributed by atoms with Crippen LogP contribution >= 0.6 is 0 Å². The predicted octanol–water partition coefficient (Wildman–Crippen LogP) is 14.4. The Balaban J connectivity index is 0.944. The molecular formula is C62H52N4OPt. The molecule has 5 nitrogen and oxygen atoms in total. The first-order chi connectivity index (χ1) is 33.2. The third-order valence-corrected chi connectivity index (χ3v) is 17.5. The number of rotatable bonds is 5. The summed E-state index contributed by atoms with van der Waals surface area (Å²) in [5.41, 5.74) is 20.8. The fourth-order valence-electron chi connectivity index (χ4n) is 13.5. The molecule has 0 saturated carbocycles. The Labute approximate surface area is 408 Å². The second kappa shape index (κ2) is 14.7. The average molecular weight is 1060 g/mol. The number of hydrogen-bond acceptors (Lipinski definition) is 2. The summed E-state index contributed by atoms with van der Waals surface area (Å²) in [7, 11) is 0. The molecule has 4 aliphatic carbocycles. The van der Waals surface area contributed by atoms with Gasteiger partial charge in [0.05, 0.1) is 0 Å². The summed E-state index contributed by atoms with van der Waals surface area (Å²) in [6.45, 7) is 6.76. The van der Waals surface area contributed by atoms with E-state index in [0.717, 1.165) is 72.6 Å². The topological polar surface area (TPSA) is 36.9 Å². The van der Waals surface area contributed by atoms with Crippen molar-refractivity contribution in [2.75, 3.05) is 0 Å². The molecule has 0 fully saturated rings. The summed E-state index contributed by atoms with van der Waals surface area (Å²) in [6.07, 6.45) is 11.1. The van der Waals surface area contributed by atoms with Crippen LogP contribution in [0.5, 0.6) is 11.5 Å². The number of imidazole rings is 1. The average Bonchev–Trinajstić information content (AvgIpc) is 4.22. The molecule has 3 aromatic heterocycles. The van der Waals surface area contributed by atoms with Crippen molar-refractivity contribution in [2.24, 2.45) is 0 Å². The number of hydrogen-bond donors (Lipinski definition) is 0. The van der Waals surface area contributed by atoms with Gasteiger partial charge < -0.3 is 0 Å². The molecule has 0 bridgehead atoms. The first-order valence-corrected chi connectivity index (χ1v) is 25.7. The quantitative estimate of drug-likeness (QED) is 0.172. The van der Waals surface area contributed by atoms with E-state index in [0.29, 0.717) is 0 Å². The van der Waals surface area contributed by atoms with Crippen LogP contribution in [0.15, 0.2) is 164 Å². The van der Waals surface area contributed by atoms with Crippen LogP contribution in [-0.2, 0) is 61.3 Å². The van der Waals surface area contributed by atoms with E-state index in [1.165, 1.54) is 60.8 Å². The van der Waals surface area contributed by atoms with E-state index in [2.05, 4.69) is 212 Å². The van der Waals surface area contributed by atoms with Gasteiger partial charge in [-0.2, -0.15) is 0 Å². The van der Waals surface area contributed by atoms with E-state index in [9.17, 15) is 0 Å². The minimum absolute atomic E-state index is 0.00618. The van der Waals surface area contributed by atoms with Gasteiger partial charge >= 0.3 is 354 Å². The van der Waals surface area contributed by atoms with Crippen molar-refractivity contribution in [1.29, 1.82) is 0 Å². The second-order valence-electron chi connectivity index (χ2n) is 21.0. The minimum atomic E-state index is -0.0102. The summed E-state index contributed by atoms with van der Waals surface area (Å²) in [6, 6.07) is 58.7. The van der Waals surface area contributed by atoms with E-state index in [1.807, 2.05) is 6.20 Å². The van der Waals surface area contributed by atoms with E-state index in [1.54, 1.807) is 33.4 Å². The molecule has 3 heterocycles. The number of para-hydroxylation sites is 3. The molecule has 0 amide bonds. The molecule has 336 valence electrons. The van der Waals surface area contributed by atoms with Crippen LogP contribution in [0.4, 0.5) is 0 Å². The van der Waals surface area contributed by atoms with Gasteiger partial charge in [0.15, 0.2) is 0 Å².